The molecule has 0 aliphatic heterocycles. The second-order valence-electron chi connectivity index (χ2n) is 25.1. The van der Waals surface area contributed by atoms with Crippen LogP contribution >= 0.6 is 0 Å². The third kappa shape index (κ3) is 7.81. The molecule has 450 valence electrons. The Bertz CT molecular complexity index is 6130. The first-order chi connectivity index (χ1) is 48.1. The van der Waals surface area contributed by atoms with Gasteiger partial charge in [0.2, 0.25) is 24.6 Å². The molecule has 9 heterocycles. The van der Waals surface area contributed by atoms with Gasteiger partial charge in [0.05, 0.1) is 66.2 Å². The average molecular weight is 1240 g/mol. The first kappa shape index (κ1) is 53.3. The smallest absolute Gasteiger partial charge is 0.241 e. The summed E-state index contributed by atoms with van der Waals surface area (Å²) in [5.74, 6) is 1.91. The molecule has 0 N–H and O–H groups in total. The maximum absolute atomic E-state index is 4.78. The van der Waals surface area contributed by atoms with E-state index in [0.29, 0.717) is 17.8 Å². The molecule has 0 saturated carbocycles. The van der Waals surface area contributed by atoms with Crippen molar-refractivity contribution in [2.24, 2.45) is 0 Å². The van der Waals surface area contributed by atoms with Crippen LogP contribution in [0.25, 0.3) is 166 Å². The van der Waals surface area contributed by atoms with Crippen molar-refractivity contribution in [1.82, 2.24) is 57.3 Å². The third-order valence-corrected chi connectivity index (χ3v) is 20.1. The Labute approximate surface area is 553 Å². The van der Waals surface area contributed by atoms with Gasteiger partial charge in [-0.2, -0.15) is 0 Å². The van der Waals surface area contributed by atoms with Crippen LogP contribution in [0.5, 0.6) is 0 Å². The van der Waals surface area contributed by atoms with Gasteiger partial charge in [0, 0.05) is 119 Å². The van der Waals surface area contributed by atoms with Crippen LogP contribution < -0.4 is 16.4 Å². The van der Waals surface area contributed by atoms with Gasteiger partial charge in [-0.15, -0.1) is 0 Å². The van der Waals surface area contributed by atoms with Gasteiger partial charge in [-0.1, -0.05) is 162 Å². The lowest BCUT2D eigenvalue weighted by atomic mass is 9.37. The van der Waals surface area contributed by atoms with Crippen molar-refractivity contribution in [2.45, 2.75) is 0 Å². The molecule has 0 amide bonds. The monoisotopic (exact) mass is 1240 g/mol. The maximum Gasteiger partial charge on any atom is 0.241 e. The second-order valence-corrected chi connectivity index (χ2v) is 25.1. The molecule has 0 saturated heterocycles. The molecule has 13 heteroatoms. The van der Waals surface area contributed by atoms with Gasteiger partial charge in [-0.3, -0.25) is 13.7 Å². The molecular formula is C84H51BN12. The number of aromatic nitrogens is 12. The van der Waals surface area contributed by atoms with Gasteiger partial charge in [-0.25, -0.2) is 29.9 Å². The Balaban J connectivity index is 0.740. The van der Waals surface area contributed by atoms with E-state index in [1.54, 1.807) is 0 Å². The van der Waals surface area contributed by atoms with Crippen molar-refractivity contribution in [3.8, 4) is 34.9 Å². The van der Waals surface area contributed by atoms with Crippen molar-refractivity contribution in [3.63, 3.8) is 0 Å². The van der Waals surface area contributed by atoms with Crippen LogP contribution in [0.4, 0.5) is 0 Å². The molecule has 12 nitrogen and oxygen atoms in total. The Morgan fingerprint density at radius 3 is 0.619 bits per heavy atom. The van der Waals surface area contributed by atoms with E-state index in [1.807, 2.05) is 55.4 Å². The fraction of sp³-hybridized carbons (Fsp3) is 0. The summed E-state index contributed by atoms with van der Waals surface area (Å²) in [5.41, 5.74) is 19.7. The van der Waals surface area contributed by atoms with Crippen molar-refractivity contribution in [2.75, 3.05) is 0 Å². The van der Waals surface area contributed by atoms with Crippen molar-refractivity contribution in [3.05, 3.63) is 310 Å². The Morgan fingerprint density at radius 2 is 0.381 bits per heavy atom. The topological polar surface area (TPSA) is 107 Å². The van der Waals surface area contributed by atoms with Crippen molar-refractivity contribution in [1.29, 1.82) is 0 Å². The predicted molar refractivity (Wildman–Crippen MR) is 397 cm³/mol. The van der Waals surface area contributed by atoms with E-state index in [1.165, 1.54) is 48.7 Å². The highest BCUT2D eigenvalue weighted by atomic mass is 15.2. The summed E-state index contributed by atoms with van der Waals surface area (Å²) in [6.07, 6.45) is 10.9. The molecule has 9 aromatic heterocycles. The molecule has 0 fully saturated rings. The minimum atomic E-state index is -0.157. The van der Waals surface area contributed by atoms with Gasteiger partial charge < -0.3 is 13.7 Å². The van der Waals surface area contributed by atoms with Gasteiger partial charge in [0.15, 0.2) is 0 Å². The number of fused-ring (bicyclic) bond motifs is 18. The Morgan fingerprint density at radius 1 is 0.175 bits per heavy atom. The molecule has 21 rings (SSSR count). The van der Waals surface area contributed by atoms with Crippen LogP contribution in [-0.4, -0.2) is 64.0 Å². The minimum Gasteiger partial charge on any atom is -0.309 e. The largest absolute Gasteiger partial charge is 0.309 e. The van der Waals surface area contributed by atoms with Crippen LogP contribution in [0.1, 0.15) is 0 Å². The van der Waals surface area contributed by atoms with E-state index in [9.17, 15) is 0 Å². The van der Waals surface area contributed by atoms with E-state index in [2.05, 4.69) is 282 Å². The first-order valence-corrected chi connectivity index (χ1v) is 32.7. The predicted octanol–water partition coefficient (Wildman–Crippen LogP) is 17.2. The standard InChI is InChI=1S/C84H51BN12/c1-7-22-70-58(16-1)64-46-67-61-19-4-10-25-73(61)95(82-86-40-13-41-87-82)79(67)49-76(64)92(70)55-34-28-52(29-35-55)85(53-30-36-56(37-31-53)93-71-23-8-2-17-59(71)65-47-68-62-20-5-11-26-74(62)96(80(68)50-77(65)93)83-88-42-14-43-89-83)54-32-38-57(39-33-54)94-72-24-9-3-18-60(72)66-48-69-63-21-6-12-27-75(63)97(81(69)51-78(66)94)84-90-44-15-45-91-84/h1-51H. The van der Waals surface area contributed by atoms with E-state index < -0.39 is 0 Å². The summed E-state index contributed by atoms with van der Waals surface area (Å²) in [5, 5.41) is 14.1. The lowest BCUT2D eigenvalue weighted by Gasteiger charge is -2.19. The van der Waals surface area contributed by atoms with Gasteiger partial charge in [0.1, 0.15) is 0 Å². The van der Waals surface area contributed by atoms with E-state index >= 15 is 0 Å². The zero-order valence-corrected chi connectivity index (χ0v) is 51.9. The molecule has 0 radical (unpaired) electrons. The number of benzene rings is 12. The molecule has 0 unspecified atom stereocenters. The van der Waals surface area contributed by atoms with Crippen LogP contribution in [0.3, 0.4) is 0 Å². The lowest BCUT2D eigenvalue weighted by molar-refractivity contribution is 0.988. The number of rotatable bonds is 9. The summed E-state index contributed by atoms with van der Waals surface area (Å²) in [6, 6.07) is 99.4. The lowest BCUT2D eigenvalue weighted by Crippen LogP contribution is -2.52. The molecule has 0 atom stereocenters. The number of para-hydroxylation sites is 6. The molecule has 0 spiro atoms. The third-order valence-electron chi connectivity index (χ3n) is 20.1. The summed E-state index contributed by atoms with van der Waals surface area (Å²) in [7, 11) is 0. The van der Waals surface area contributed by atoms with E-state index in [0.717, 1.165) is 116 Å². The molecule has 97 heavy (non-hydrogen) atoms. The summed E-state index contributed by atoms with van der Waals surface area (Å²) in [4.78, 5) is 28.7. The fourth-order valence-electron chi connectivity index (χ4n) is 16.0. The highest BCUT2D eigenvalue weighted by Crippen LogP contribution is 2.43. The molecular weight excluding hydrogens is 1190 g/mol. The number of hydrogen-bond donors (Lipinski definition) is 0. The van der Waals surface area contributed by atoms with E-state index in [4.69, 9.17) is 29.9 Å². The minimum absolute atomic E-state index is 0.157. The van der Waals surface area contributed by atoms with Crippen LogP contribution in [-0.2, 0) is 0 Å². The number of nitrogens with zero attached hydrogens (tertiary/aromatic N) is 12. The molecule has 0 aliphatic carbocycles. The zero-order valence-electron chi connectivity index (χ0n) is 51.9. The van der Waals surface area contributed by atoms with Gasteiger partial charge >= 0.3 is 0 Å². The van der Waals surface area contributed by atoms with Crippen molar-refractivity contribution < 1.29 is 0 Å². The van der Waals surface area contributed by atoms with E-state index in [-0.39, 0.29) is 6.71 Å². The molecule has 12 aromatic carbocycles. The zero-order chi connectivity index (χ0) is 63.4. The summed E-state index contributed by atoms with van der Waals surface area (Å²) >= 11 is 0. The van der Waals surface area contributed by atoms with Crippen LogP contribution in [0.15, 0.2) is 310 Å². The summed E-state index contributed by atoms with van der Waals surface area (Å²) in [6.45, 7) is -0.157. The van der Waals surface area contributed by atoms with Gasteiger partial charge in [0.25, 0.3) is 0 Å². The quantitative estimate of drug-likeness (QED) is 0.133. The SMILES string of the molecule is c1cnc(-n2c3ccccc3c3cc4c5ccccc5n(-c5ccc(B(c6ccc(-n7c8ccccc8c8cc9c%10ccccc%10n(-c%10ncccn%10)c9cc87)cc6)c6ccc(-n7c8ccccc8c8cc9c%10ccccc%10n(-c%10ncccn%10)c9cc87)cc6)cc5)c4cc32)nc1. The highest BCUT2D eigenvalue weighted by molar-refractivity contribution is 6.95. The molecule has 0 aliphatic rings. The Kier molecular flexibility index (Phi) is 11.3. The molecule has 21 aromatic rings. The van der Waals surface area contributed by atoms with Crippen LogP contribution in [0, 0.1) is 0 Å². The van der Waals surface area contributed by atoms with Crippen molar-refractivity contribution >= 4 is 154 Å². The average Bonchev–Trinajstić information content (AvgIpc) is 1.60. The van der Waals surface area contributed by atoms with Crippen LogP contribution in [0.2, 0.25) is 0 Å². The highest BCUT2D eigenvalue weighted by Gasteiger charge is 2.27. The first-order valence-electron chi connectivity index (χ1n) is 32.7. The molecule has 0 bridgehead atoms. The van der Waals surface area contributed by atoms with Gasteiger partial charge in [-0.05, 0) is 127 Å². The Hall–Kier alpha value is -13.3. The number of hydrogen-bond acceptors (Lipinski definition) is 6. The normalized spacial score (nSPS) is 12.1. The second kappa shape index (κ2) is 20.6. The summed E-state index contributed by atoms with van der Waals surface area (Å²) < 4.78 is 13.8. The maximum atomic E-state index is 4.78. The fourth-order valence-corrected chi connectivity index (χ4v) is 16.0.